The van der Waals surface area contributed by atoms with Crippen LogP contribution >= 0.6 is 24.8 Å². The Kier molecular flexibility index (Phi) is 8.38. The van der Waals surface area contributed by atoms with E-state index >= 15 is 0 Å². The first-order chi connectivity index (χ1) is 5.20. The van der Waals surface area contributed by atoms with E-state index in [0.717, 1.165) is 32.5 Å². The molecule has 0 radical (unpaired) electrons. The summed E-state index contributed by atoms with van der Waals surface area (Å²) in [6, 6.07) is 0. The number of nitrogens with two attached hydrogens (primary N) is 1. The van der Waals surface area contributed by atoms with Crippen LogP contribution in [0.15, 0.2) is 0 Å². The van der Waals surface area contributed by atoms with Crippen LogP contribution in [-0.4, -0.2) is 41.8 Å². The molecule has 1 aliphatic heterocycles. The van der Waals surface area contributed by atoms with E-state index in [9.17, 15) is 5.11 Å². The quantitative estimate of drug-likeness (QED) is 0.733. The van der Waals surface area contributed by atoms with Gasteiger partial charge in [-0.15, -0.1) is 24.8 Å². The Bertz CT molecular complexity index is 127. The Morgan fingerprint density at radius 2 is 1.77 bits per heavy atom. The standard InChI is InChI=1S/C8H18N2O.2ClH/c1-2-10-5-3-8(11,7-9)4-6-10;;/h11H,2-7,9H2,1H3;2*1H. The normalized spacial score (nSPS) is 21.5. The number of rotatable bonds is 2. The first kappa shape index (κ1) is 15.9. The minimum Gasteiger partial charge on any atom is -0.388 e. The van der Waals surface area contributed by atoms with Gasteiger partial charge in [-0.25, -0.2) is 0 Å². The smallest absolute Gasteiger partial charge is 0.0793 e. The van der Waals surface area contributed by atoms with Gasteiger partial charge in [0.15, 0.2) is 0 Å². The number of likely N-dealkylation sites (tertiary alicyclic amines) is 1. The molecule has 0 aromatic rings. The van der Waals surface area contributed by atoms with Crippen molar-refractivity contribution in [3.05, 3.63) is 0 Å². The van der Waals surface area contributed by atoms with E-state index in [4.69, 9.17) is 5.73 Å². The van der Waals surface area contributed by atoms with Crippen molar-refractivity contribution in [2.45, 2.75) is 25.4 Å². The van der Waals surface area contributed by atoms with Gasteiger partial charge in [-0.1, -0.05) is 6.92 Å². The molecule has 0 amide bonds. The third kappa shape index (κ3) is 4.47. The summed E-state index contributed by atoms with van der Waals surface area (Å²) in [5.74, 6) is 0. The van der Waals surface area contributed by atoms with Crippen molar-refractivity contribution in [3.63, 3.8) is 0 Å². The van der Waals surface area contributed by atoms with E-state index in [-0.39, 0.29) is 24.8 Å². The fraction of sp³-hybridized carbons (Fsp3) is 1.00. The second kappa shape index (κ2) is 6.85. The molecule has 0 unspecified atom stereocenters. The van der Waals surface area contributed by atoms with Gasteiger partial charge in [0.1, 0.15) is 0 Å². The Hall–Kier alpha value is 0.460. The second-order valence-corrected chi connectivity index (χ2v) is 3.36. The zero-order valence-corrected chi connectivity index (χ0v) is 9.66. The lowest BCUT2D eigenvalue weighted by Crippen LogP contribution is -2.48. The van der Waals surface area contributed by atoms with E-state index in [2.05, 4.69) is 11.8 Å². The van der Waals surface area contributed by atoms with Crippen molar-refractivity contribution in [2.75, 3.05) is 26.2 Å². The summed E-state index contributed by atoms with van der Waals surface area (Å²) in [5.41, 5.74) is 4.89. The lowest BCUT2D eigenvalue weighted by atomic mass is 9.92. The van der Waals surface area contributed by atoms with Crippen LogP contribution < -0.4 is 5.73 Å². The number of piperidine rings is 1. The summed E-state index contributed by atoms with van der Waals surface area (Å²) in [6.07, 6.45) is 1.66. The number of halogens is 2. The Labute approximate surface area is 92.5 Å². The fourth-order valence-electron chi connectivity index (χ4n) is 1.49. The summed E-state index contributed by atoms with van der Waals surface area (Å²) >= 11 is 0. The number of hydrogen-bond donors (Lipinski definition) is 2. The Morgan fingerprint density at radius 3 is 2.08 bits per heavy atom. The molecule has 0 spiro atoms. The molecule has 13 heavy (non-hydrogen) atoms. The molecule has 0 aromatic carbocycles. The summed E-state index contributed by atoms with van der Waals surface area (Å²) in [7, 11) is 0. The van der Waals surface area contributed by atoms with E-state index in [1.54, 1.807) is 0 Å². The largest absolute Gasteiger partial charge is 0.388 e. The van der Waals surface area contributed by atoms with E-state index in [1.165, 1.54) is 0 Å². The molecule has 82 valence electrons. The summed E-state index contributed by atoms with van der Waals surface area (Å²) in [4.78, 5) is 2.34. The van der Waals surface area contributed by atoms with Crippen LogP contribution in [0.25, 0.3) is 0 Å². The molecule has 1 saturated heterocycles. The van der Waals surface area contributed by atoms with Crippen molar-refractivity contribution in [1.29, 1.82) is 0 Å². The lowest BCUT2D eigenvalue weighted by molar-refractivity contribution is -0.0121. The maximum Gasteiger partial charge on any atom is 0.0793 e. The minimum absolute atomic E-state index is 0. The lowest BCUT2D eigenvalue weighted by Gasteiger charge is -2.36. The van der Waals surface area contributed by atoms with Crippen molar-refractivity contribution < 1.29 is 5.11 Å². The molecule has 1 aliphatic rings. The van der Waals surface area contributed by atoms with Crippen LogP contribution in [0.5, 0.6) is 0 Å². The van der Waals surface area contributed by atoms with Crippen LogP contribution in [0.2, 0.25) is 0 Å². The number of aliphatic hydroxyl groups is 1. The number of nitrogens with zero attached hydrogens (tertiary/aromatic N) is 1. The molecular weight excluding hydrogens is 211 g/mol. The molecule has 0 atom stereocenters. The van der Waals surface area contributed by atoms with Gasteiger partial charge in [-0.2, -0.15) is 0 Å². The summed E-state index contributed by atoms with van der Waals surface area (Å²) in [5, 5.41) is 9.74. The van der Waals surface area contributed by atoms with Crippen LogP contribution in [0.4, 0.5) is 0 Å². The monoisotopic (exact) mass is 230 g/mol. The maximum absolute atomic E-state index is 9.74. The molecule has 0 bridgehead atoms. The van der Waals surface area contributed by atoms with E-state index in [1.807, 2.05) is 0 Å². The third-order valence-electron chi connectivity index (χ3n) is 2.61. The molecule has 0 saturated carbocycles. The van der Waals surface area contributed by atoms with Crippen LogP contribution in [0.1, 0.15) is 19.8 Å². The fourth-order valence-corrected chi connectivity index (χ4v) is 1.49. The first-order valence-electron chi connectivity index (χ1n) is 4.35. The van der Waals surface area contributed by atoms with Gasteiger partial charge < -0.3 is 15.7 Å². The molecule has 1 heterocycles. The van der Waals surface area contributed by atoms with Gasteiger partial charge in [0.05, 0.1) is 5.60 Å². The second-order valence-electron chi connectivity index (χ2n) is 3.36. The summed E-state index contributed by atoms with van der Waals surface area (Å²) in [6.45, 7) is 5.62. The average Bonchev–Trinajstić information content (AvgIpc) is 2.06. The maximum atomic E-state index is 9.74. The first-order valence-corrected chi connectivity index (χ1v) is 4.35. The SMILES string of the molecule is CCN1CCC(O)(CN)CC1.Cl.Cl. The number of hydrogen-bond acceptors (Lipinski definition) is 3. The van der Waals surface area contributed by atoms with Crippen molar-refractivity contribution in [3.8, 4) is 0 Å². The van der Waals surface area contributed by atoms with E-state index in [0.29, 0.717) is 6.54 Å². The molecule has 3 N–H and O–H groups in total. The van der Waals surface area contributed by atoms with Crippen LogP contribution in [-0.2, 0) is 0 Å². The zero-order chi connectivity index (χ0) is 8.32. The van der Waals surface area contributed by atoms with Gasteiger partial charge in [0.25, 0.3) is 0 Å². The highest BCUT2D eigenvalue weighted by atomic mass is 35.5. The van der Waals surface area contributed by atoms with E-state index < -0.39 is 5.60 Å². The molecule has 0 aromatic heterocycles. The minimum atomic E-state index is -0.564. The van der Waals surface area contributed by atoms with Crippen molar-refractivity contribution in [2.24, 2.45) is 5.73 Å². The average molecular weight is 231 g/mol. The highest BCUT2D eigenvalue weighted by Crippen LogP contribution is 2.20. The van der Waals surface area contributed by atoms with Gasteiger partial charge in [-0.3, -0.25) is 0 Å². The van der Waals surface area contributed by atoms with Crippen LogP contribution in [0.3, 0.4) is 0 Å². The topological polar surface area (TPSA) is 49.5 Å². The zero-order valence-electron chi connectivity index (χ0n) is 8.03. The van der Waals surface area contributed by atoms with Crippen LogP contribution in [0, 0.1) is 0 Å². The molecule has 1 fully saturated rings. The van der Waals surface area contributed by atoms with Crippen molar-refractivity contribution >= 4 is 24.8 Å². The third-order valence-corrected chi connectivity index (χ3v) is 2.61. The predicted molar refractivity (Wildman–Crippen MR) is 59.8 cm³/mol. The molecule has 3 nitrogen and oxygen atoms in total. The summed E-state index contributed by atoms with van der Waals surface area (Å²) < 4.78 is 0. The van der Waals surface area contributed by atoms with Crippen molar-refractivity contribution in [1.82, 2.24) is 4.90 Å². The molecule has 5 heteroatoms. The Balaban J connectivity index is 0. The van der Waals surface area contributed by atoms with Gasteiger partial charge in [0.2, 0.25) is 0 Å². The molecule has 1 rings (SSSR count). The molecular formula is C8H20Cl2N2O. The molecule has 0 aliphatic carbocycles. The van der Waals surface area contributed by atoms with Gasteiger partial charge in [0, 0.05) is 19.6 Å². The van der Waals surface area contributed by atoms with Gasteiger partial charge in [-0.05, 0) is 19.4 Å². The highest BCUT2D eigenvalue weighted by Gasteiger charge is 2.29. The predicted octanol–water partition coefficient (Wildman–Crippen LogP) is 0.635. The Morgan fingerprint density at radius 1 is 1.31 bits per heavy atom. The van der Waals surface area contributed by atoms with Gasteiger partial charge >= 0.3 is 0 Å². The highest BCUT2D eigenvalue weighted by molar-refractivity contribution is 5.85.